The van der Waals surface area contributed by atoms with Crippen molar-refractivity contribution in [1.82, 2.24) is 4.98 Å². The standard InChI is InChI=1S/C45H58N3O2.Pt/c1-41(2,3)29-20-28(21-34(25-29)50-37-16-15-27-19-30(42(4,5)6)26-36(49)38(27)47-37)40-46-35-17-18-45(13,14)39(35)48(40)33-23-31(43(7,8)9)22-32(24-33)44(10,11)12;/h15-16,19-20,22-26,35,39,49H,17-18H2,1-14H3;/q-1;/t35-,39-;/m0./s1. The summed E-state index contributed by atoms with van der Waals surface area (Å²) in [5.41, 5.74) is 7.33. The average molecular weight is 868 g/mol. The van der Waals surface area contributed by atoms with Gasteiger partial charge in [-0.15, -0.1) is 17.2 Å². The Morgan fingerprint density at radius 1 is 0.745 bits per heavy atom. The van der Waals surface area contributed by atoms with Gasteiger partial charge in [0, 0.05) is 44.0 Å². The maximum atomic E-state index is 11.0. The first-order valence-electron chi connectivity index (χ1n) is 18.4. The van der Waals surface area contributed by atoms with Crippen molar-refractivity contribution in [2.45, 2.75) is 144 Å². The van der Waals surface area contributed by atoms with Crippen LogP contribution in [0.25, 0.3) is 10.9 Å². The van der Waals surface area contributed by atoms with Gasteiger partial charge in [-0.3, -0.25) is 0 Å². The minimum Gasteiger partial charge on any atom is -0.506 e. The van der Waals surface area contributed by atoms with Crippen LogP contribution in [-0.4, -0.2) is 28.0 Å². The van der Waals surface area contributed by atoms with E-state index in [0.29, 0.717) is 17.1 Å². The zero-order valence-electron chi connectivity index (χ0n) is 33.3. The predicted octanol–water partition coefficient (Wildman–Crippen LogP) is 11.5. The number of ether oxygens (including phenoxy) is 1. The topological polar surface area (TPSA) is 58.0 Å². The molecule has 0 radical (unpaired) electrons. The fourth-order valence-corrected chi connectivity index (χ4v) is 7.41. The molecule has 3 aromatic carbocycles. The van der Waals surface area contributed by atoms with Crippen molar-refractivity contribution >= 4 is 22.4 Å². The summed E-state index contributed by atoms with van der Waals surface area (Å²) in [6.07, 6.45) is 2.20. The van der Waals surface area contributed by atoms with Crippen LogP contribution in [0.5, 0.6) is 17.4 Å². The Kier molecular flexibility index (Phi) is 9.99. The summed E-state index contributed by atoms with van der Waals surface area (Å²) in [7, 11) is 0. The van der Waals surface area contributed by atoms with Crippen molar-refractivity contribution in [2.24, 2.45) is 10.4 Å². The van der Waals surface area contributed by atoms with E-state index in [1.54, 1.807) is 0 Å². The summed E-state index contributed by atoms with van der Waals surface area (Å²) in [6.45, 7) is 31.7. The van der Waals surface area contributed by atoms with Gasteiger partial charge in [-0.1, -0.05) is 115 Å². The first kappa shape index (κ1) is 39.0. The van der Waals surface area contributed by atoms with Gasteiger partial charge in [0.2, 0.25) is 5.88 Å². The fourth-order valence-electron chi connectivity index (χ4n) is 7.41. The van der Waals surface area contributed by atoms with Crippen LogP contribution in [0.4, 0.5) is 5.69 Å². The fraction of sp³-hybridized carbons (Fsp3) is 0.511. The number of anilines is 1. The SMILES string of the molecule is CC(C)(C)c1cc(Oc2ccc3cc(C(C)(C)C)cc(O)c3n2)[c-]c(C2=N[C@H]3CCC(C)(C)[C@H]3N2c2cc(C(C)(C)C)cc(C(C)(C)C)c2)c1.[Pt]. The summed E-state index contributed by atoms with van der Waals surface area (Å²) >= 11 is 0. The van der Waals surface area contributed by atoms with E-state index >= 15 is 0 Å². The van der Waals surface area contributed by atoms with Gasteiger partial charge >= 0.3 is 0 Å². The molecule has 2 aliphatic rings. The maximum absolute atomic E-state index is 11.0. The number of rotatable bonds is 4. The Labute approximate surface area is 321 Å². The molecular weight excluding hydrogens is 810 g/mol. The zero-order valence-corrected chi connectivity index (χ0v) is 35.6. The third kappa shape index (κ3) is 7.80. The van der Waals surface area contributed by atoms with Crippen molar-refractivity contribution in [3.63, 3.8) is 0 Å². The van der Waals surface area contributed by atoms with Gasteiger partial charge in [0.1, 0.15) is 11.3 Å². The first-order valence-corrected chi connectivity index (χ1v) is 18.4. The first-order chi connectivity index (χ1) is 22.9. The Morgan fingerprint density at radius 2 is 1.29 bits per heavy atom. The van der Waals surface area contributed by atoms with Crippen LogP contribution in [0.1, 0.15) is 138 Å². The summed E-state index contributed by atoms with van der Waals surface area (Å²) in [4.78, 5) is 12.8. The number of aromatic hydroxyl groups is 1. The van der Waals surface area contributed by atoms with E-state index in [-0.39, 0.29) is 66.0 Å². The molecule has 1 fully saturated rings. The number of aromatic nitrogens is 1. The molecule has 0 spiro atoms. The zero-order chi connectivity index (χ0) is 36.8. The second-order valence-electron chi connectivity index (χ2n) is 19.6. The number of hydrogen-bond acceptors (Lipinski definition) is 5. The number of phenolic OH excluding ortho intramolecular Hbond substituents is 1. The molecule has 276 valence electrons. The average Bonchev–Trinajstić information content (AvgIpc) is 3.52. The molecule has 51 heavy (non-hydrogen) atoms. The van der Waals surface area contributed by atoms with E-state index in [0.717, 1.165) is 40.8 Å². The summed E-state index contributed by atoms with van der Waals surface area (Å²) in [6, 6.07) is 23.3. The maximum Gasteiger partial charge on any atom is 0.217 e. The Bertz CT molecular complexity index is 1950. The van der Waals surface area contributed by atoms with Gasteiger partial charge < -0.3 is 19.7 Å². The van der Waals surface area contributed by atoms with Gasteiger partial charge in [-0.05, 0) is 86.9 Å². The third-order valence-electron chi connectivity index (χ3n) is 10.8. The Morgan fingerprint density at radius 3 is 1.86 bits per heavy atom. The number of pyridine rings is 1. The Hall–Kier alpha value is -3.17. The number of phenols is 1. The van der Waals surface area contributed by atoms with Gasteiger partial charge in [0.05, 0.1) is 17.9 Å². The van der Waals surface area contributed by atoms with Crippen molar-refractivity contribution in [3.05, 3.63) is 88.5 Å². The van der Waals surface area contributed by atoms with Crippen LogP contribution >= 0.6 is 0 Å². The van der Waals surface area contributed by atoms with Crippen molar-refractivity contribution < 1.29 is 30.9 Å². The van der Waals surface area contributed by atoms with Crippen LogP contribution in [0.3, 0.4) is 0 Å². The number of fused-ring (bicyclic) bond motifs is 2. The third-order valence-corrected chi connectivity index (χ3v) is 10.8. The molecular formula is C45H58N3O2Pt-. The minimum absolute atomic E-state index is 0. The number of hydrogen-bond donors (Lipinski definition) is 1. The van der Waals surface area contributed by atoms with E-state index in [1.807, 2.05) is 18.2 Å². The molecule has 0 amide bonds. The van der Waals surface area contributed by atoms with Crippen LogP contribution in [-0.2, 0) is 42.7 Å². The van der Waals surface area contributed by atoms with Gasteiger partial charge in [-0.2, -0.15) is 0 Å². The molecule has 1 N–H and O–H groups in total. The van der Waals surface area contributed by atoms with Gasteiger partial charge in [0.25, 0.3) is 0 Å². The van der Waals surface area contributed by atoms with Crippen LogP contribution < -0.4 is 9.64 Å². The normalized spacial score (nSPS) is 19.2. The van der Waals surface area contributed by atoms with Crippen molar-refractivity contribution in [2.75, 3.05) is 4.90 Å². The van der Waals surface area contributed by atoms with Gasteiger partial charge in [0.15, 0.2) is 0 Å². The monoisotopic (exact) mass is 867 g/mol. The van der Waals surface area contributed by atoms with Crippen molar-refractivity contribution in [3.8, 4) is 17.4 Å². The van der Waals surface area contributed by atoms with Crippen molar-refractivity contribution in [1.29, 1.82) is 0 Å². The molecule has 4 aromatic rings. The predicted molar refractivity (Wildman–Crippen MR) is 210 cm³/mol. The minimum atomic E-state index is -0.148. The molecule has 1 aromatic heterocycles. The number of aliphatic imine (C=N–C) groups is 1. The molecule has 5 nitrogen and oxygen atoms in total. The van der Waals surface area contributed by atoms with E-state index < -0.39 is 0 Å². The Balaban J connectivity index is 0.00000504. The van der Waals surface area contributed by atoms with E-state index in [9.17, 15) is 5.11 Å². The smallest absolute Gasteiger partial charge is 0.217 e. The summed E-state index contributed by atoms with van der Waals surface area (Å²) in [5.74, 6) is 2.11. The number of nitrogens with zero attached hydrogens (tertiary/aromatic N) is 3. The number of amidine groups is 1. The molecule has 0 bridgehead atoms. The van der Waals surface area contributed by atoms with Crippen LogP contribution in [0, 0.1) is 11.5 Å². The second-order valence-corrected chi connectivity index (χ2v) is 19.6. The van der Waals surface area contributed by atoms with Crippen LogP contribution in [0.2, 0.25) is 0 Å². The molecule has 2 atom stereocenters. The molecule has 1 saturated carbocycles. The van der Waals surface area contributed by atoms with E-state index in [4.69, 9.17) is 14.7 Å². The molecule has 6 rings (SSSR count). The quantitative estimate of drug-likeness (QED) is 0.208. The second kappa shape index (κ2) is 13.0. The molecule has 6 heteroatoms. The van der Waals surface area contributed by atoms with E-state index in [1.165, 1.54) is 16.8 Å². The molecule has 2 heterocycles. The summed E-state index contributed by atoms with van der Waals surface area (Å²) in [5, 5.41) is 11.9. The largest absolute Gasteiger partial charge is 0.506 e. The van der Waals surface area contributed by atoms with Crippen LogP contribution in [0.15, 0.2) is 59.6 Å². The molecule has 1 aliphatic carbocycles. The molecule has 0 saturated heterocycles. The summed E-state index contributed by atoms with van der Waals surface area (Å²) < 4.78 is 6.53. The molecule has 0 unspecified atom stereocenters. The van der Waals surface area contributed by atoms with Gasteiger partial charge in [-0.25, -0.2) is 4.98 Å². The van der Waals surface area contributed by atoms with E-state index in [2.05, 4.69) is 144 Å². The number of benzene rings is 3. The molecule has 1 aliphatic heterocycles.